The average Bonchev–Trinajstić information content (AvgIpc) is 2.28. The monoisotopic (exact) mass is 225 g/mol. The molecule has 2 rings (SSSR count). The normalized spacial score (nSPS) is 15.9. The highest BCUT2D eigenvalue weighted by molar-refractivity contribution is 6.29. The molecular formula is C10H12ClN3O. The topological polar surface area (TPSA) is 47.0 Å². The summed E-state index contributed by atoms with van der Waals surface area (Å²) in [6.07, 6.45) is 6.24. The number of ether oxygens (including phenoxy) is 1. The van der Waals surface area contributed by atoms with Gasteiger partial charge in [0, 0.05) is 6.54 Å². The average molecular weight is 226 g/mol. The summed E-state index contributed by atoms with van der Waals surface area (Å²) in [7, 11) is 0. The summed E-state index contributed by atoms with van der Waals surface area (Å²) in [4.78, 5) is 8.04. The van der Waals surface area contributed by atoms with Crippen LogP contribution in [-0.2, 0) is 4.74 Å². The van der Waals surface area contributed by atoms with Gasteiger partial charge >= 0.3 is 0 Å². The summed E-state index contributed by atoms with van der Waals surface area (Å²) in [6, 6.07) is 0. The summed E-state index contributed by atoms with van der Waals surface area (Å²) < 4.78 is 5.22. The lowest BCUT2D eigenvalue weighted by Gasteiger charge is -2.14. The van der Waals surface area contributed by atoms with Crippen molar-refractivity contribution >= 4 is 17.4 Å². The van der Waals surface area contributed by atoms with Crippen LogP contribution in [0.2, 0.25) is 5.15 Å². The van der Waals surface area contributed by atoms with Crippen molar-refractivity contribution in [1.82, 2.24) is 9.97 Å². The van der Waals surface area contributed by atoms with Crippen LogP contribution in [0.15, 0.2) is 24.0 Å². The van der Waals surface area contributed by atoms with Crippen LogP contribution in [0.4, 0.5) is 5.82 Å². The van der Waals surface area contributed by atoms with Gasteiger partial charge in [0.25, 0.3) is 0 Å². The second-order valence-electron chi connectivity index (χ2n) is 3.27. The van der Waals surface area contributed by atoms with Gasteiger partial charge in [-0.25, -0.2) is 4.98 Å². The molecule has 1 aliphatic rings. The van der Waals surface area contributed by atoms with Gasteiger partial charge in [-0.2, -0.15) is 0 Å². The third-order valence-corrected chi connectivity index (χ3v) is 2.34. The van der Waals surface area contributed by atoms with Gasteiger partial charge in [0.15, 0.2) is 0 Å². The lowest BCUT2D eigenvalue weighted by molar-refractivity contribution is 0.154. The van der Waals surface area contributed by atoms with Gasteiger partial charge in [0.05, 0.1) is 25.6 Å². The molecule has 5 heteroatoms. The number of hydrogen-bond acceptors (Lipinski definition) is 4. The second kappa shape index (κ2) is 5.09. The van der Waals surface area contributed by atoms with Crippen molar-refractivity contribution in [2.75, 3.05) is 25.1 Å². The van der Waals surface area contributed by atoms with Crippen molar-refractivity contribution in [2.24, 2.45) is 0 Å². The molecule has 2 heterocycles. The molecule has 0 saturated carbocycles. The van der Waals surface area contributed by atoms with Crippen LogP contribution in [0.25, 0.3) is 0 Å². The summed E-state index contributed by atoms with van der Waals surface area (Å²) >= 11 is 5.72. The molecule has 1 aromatic rings. The van der Waals surface area contributed by atoms with E-state index in [9.17, 15) is 0 Å². The third-order valence-electron chi connectivity index (χ3n) is 2.16. The molecule has 1 aliphatic heterocycles. The van der Waals surface area contributed by atoms with Crippen LogP contribution >= 0.6 is 11.6 Å². The Balaban J connectivity index is 1.90. The van der Waals surface area contributed by atoms with Crippen molar-refractivity contribution in [3.8, 4) is 0 Å². The molecule has 1 N–H and O–H groups in total. The highest BCUT2D eigenvalue weighted by Crippen LogP contribution is 2.10. The van der Waals surface area contributed by atoms with Crippen LogP contribution in [0, 0.1) is 0 Å². The predicted octanol–water partition coefficient (Wildman–Crippen LogP) is 1.89. The van der Waals surface area contributed by atoms with E-state index in [-0.39, 0.29) is 0 Å². The Labute approximate surface area is 93.3 Å². The molecule has 0 atom stereocenters. The fourth-order valence-electron chi connectivity index (χ4n) is 1.36. The minimum atomic E-state index is 0.404. The van der Waals surface area contributed by atoms with E-state index in [0.29, 0.717) is 17.6 Å². The summed E-state index contributed by atoms with van der Waals surface area (Å²) in [5.41, 5.74) is 1.34. The Morgan fingerprint density at radius 1 is 1.47 bits per heavy atom. The lowest BCUT2D eigenvalue weighted by Crippen LogP contribution is -2.12. The molecule has 0 aromatic carbocycles. The quantitative estimate of drug-likeness (QED) is 0.799. The predicted molar refractivity (Wildman–Crippen MR) is 59.1 cm³/mol. The van der Waals surface area contributed by atoms with Crippen molar-refractivity contribution in [2.45, 2.75) is 6.42 Å². The van der Waals surface area contributed by atoms with E-state index < -0.39 is 0 Å². The molecule has 0 spiro atoms. The maximum atomic E-state index is 5.72. The minimum Gasteiger partial charge on any atom is -0.377 e. The Morgan fingerprint density at radius 2 is 2.40 bits per heavy atom. The fourth-order valence-corrected chi connectivity index (χ4v) is 1.50. The van der Waals surface area contributed by atoms with Gasteiger partial charge in [-0.15, -0.1) is 0 Å². The number of anilines is 1. The fraction of sp³-hybridized carbons (Fsp3) is 0.400. The maximum absolute atomic E-state index is 5.72. The number of hydrogen-bond donors (Lipinski definition) is 1. The summed E-state index contributed by atoms with van der Waals surface area (Å²) in [6.45, 7) is 2.28. The zero-order valence-electron chi connectivity index (χ0n) is 8.24. The van der Waals surface area contributed by atoms with Crippen LogP contribution in [0.5, 0.6) is 0 Å². The van der Waals surface area contributed by atoms with Crippen LogP contribution in [-0.4, -0.2) is 29.7 Å². The molecule has 0 saturated heterocycles. The Kier molecular flexibility index (Phi) is 3.53. The summed E-state index contributed by atoms with van der Waals surface area (Å²) in [5.74, 6) is 0.704. The molecule has 0 fully saturated rings. The standard InChI is InChI=1S/C10H12ClN3O/c11-9-6-12-7-10(14-9)13-5-8-1-3-15-4-2-8/h1,6-7H,2-5H2,(H,13,14). The number of nitrogens with one attached hydrogen (secondary N) is 1. The molecule has 0 bridgehead atoms. The second-order valence-corrected chi connectivity index (χ2v) is 3.66. The van der Waals surface area contributed by atoms with Crippen molar-refractivity contribution < 1.29 is 4.74 Å². The molecule has 1 aromatic heterocycles. The molecule has 15 heavy (non-hydrogen) atoms. The van der Waals surface area contributed by atoms with Gasteiger partial charge in [-0.05, 0) is 6.42 Å². The highest BCUT2D eigenvalue weighted by atomic mass is 35.5. The van der Waals surface area contributed by atoms with Gasteiger partial charge in [0.2, 0.25) is 0 Å². The SMILES string of the molecule is Clc1cncc(NCC2=CCOCC2)n1. The Hall–Kier alpha value is -1.13. The highest BCUT2D eigenvalue weighted by Gasteiger charge is 2.03. The molecule has 4 nitrogen and oxygen atoms in total. The van der Waals surface area contributed by atoms with E-state index in [4.69, 9.17) is 16.3 Å². The van der Waals surface area contributed by atoms with Gasteiger partial charge < -0.3 is 10.1 Å². The number of nitrogens with zero attached hydrogens (tertiary/aromatic N) is 2. The summed E-state index contributed by atoms with van der Waals surface area (Å²) in [5, 5.41) is 3.58. The van der Waals surface area contributed by atoms with E-state index in [2.05, 4.69) is 21.4 Å². The van der Waals surface area contributed by atoms with Crippen molar-refractivity contribution in [1.29, 1.82) is 0 Å². The first-order valence-electron chi connectivity index (χ1n) is 4.81. The Bertz CT molecular complexity index is 367. The smallest absolute Gasteiger partial charge is 0.149 e. The van der Waals surface area contributed by atoms with Gasteiger partial charge in [-0.3, -0.25) is 4.98 Å². The molecule has 0 radical (unpaired) electrons. The minimum absolute atomic E-state index is 0.404. The number of aromatic nitrogens is 2. The van der Waals surface area contributed by atoms with E-state index in [1.807, 2.05) is 0 Å². The van der Waals surface area contributed by atoms with Gasteiger partial charge in [-0.1, -0.05) is 23.3 Å². The van der Waals surface area contributed by atoms with Crippen molar-refractivity contribution in [3.05, 3.63) is 29.2 Å². The van der Waals surface area contributed by atoms with Crippen LogP contribution < -0.4 is 5.32 Å². The van der Waals surface area contributed by atoms with E-state index in [1.165, 1.54) is 11.8 Å². The third kappa shape index (κ3) is 3.18. The lowest BCUT2D eigenvalue weighted by atomic mass is 10.1. The van der Waals surface area contributed by atoms with E-state index in [0.717, 1.165) is 19.6 Å². The van der Waals surface area contributed by atoms with E-state index >= 15 is 0 Å². The molecule has 0 aliphatic carbocycles. The molecule has 0 unspecified atom stereocenters. The van der Waals surface area contributed by atoms with E-state index in [1.54, 1.807) is 6.20 Å². The zero-order chi connectivity index (χ0) is 10.5. The number of rotatable bonds is 3. The molecule has 0 amide bonds. The molecular weight excluding hydrogens is 214 g/mol. The molecule has 80 valence electrons. The number of halogens is 1. The zero-order valence-corrected chi connectivity index (χ0v) is 9.00. The van der Waals surface area contributed by atoms with Crippen molar-refractivity contribution in [3.63, 3.8) is 0 Å². The van der Waals surface area contributed by atoms with Gasteiger partial charge in [0.1, 0.15) is 11.0 Å². The largest absolute Gasteiger partial charge is 0.377 e. The first-order chi connectivity index (χ1) is 7.34. The van der Waals surface area contributed by atoms with Crippen LogP contribution in [0.3, 0.4) is 0 Å². The maximum Gasteiger partial charge on any atom is 0.149 e. The first kappa shape index (κ1) is 10.4. The first-order valence-corrected chi connectivity index (χ1v) is 5.19. The Morgan fingerprint density at radius 3 is 3.13 bits per heavy atom. The van der Waals surface area contributed by atoms with Crippen LogP contribution in [0.1, 0.15) is 6.42 Å².